The molecule has 1 aliphatic rings. The van der Waals surface area contributed by atoms with Gasteiger partial charge in [-0.15, -0.1) is 0 Å². The molecule has 27 heavy (non-hydrogen) atoms. The Hall–Kier alpha value is -2.46. The Bertz CT molecular complexity index is 656. The summed E-state index contributed by atoms with van der Waals surface area (Å²) in [4.78, 5) is 24.1. The minimum absolute atomic E-state index is 0.00405. The van der Waals surface area contributed by atoms with E-state index in [0.29, 0.717) is 19.2 Å². The molecule has 1 aromatic rings. The number of aliphatic hydroxyl groups is 1. The Balaban J connectivity index is 1.89. The third-order valence-corrected chi connectivity index (χ3v) is 4.11. The first-order valence-corrected chi connectivity index (χ1v) is 8.53. The summed E-state index contributed by atoms with van der Waals surface area (Å²) in [5.74, 6) is -1.56. The number of carbonyl (C=O) groups is 2. The topological polar surface area (TPSA) is 114 Å². The van der Waals surface area contributed by atoms with Crippen LogP contribution in [0.15, 0.2) is 18.2 Å². The molecule has 1 fully saturated rings. The Kier molecular flexibility index (Phi) is 7.31. The summed E-state index contributed by atoms with van der Waals surface area (Å²) in [6.45, 7) is 3.09. The minimum atomic E-state index is -1.19. The van der Waals surface area contributed by atoms with Crippen LogP contribution in [0.25, 0.3) is 0 Å². The van der Waals surface area contributed by atoms with Crippen LogP contribution in [-0.4, -0.2) is 66.7 Å². The van der Waals surface area contributed by atoms with Crippen molar-refractivity contribution < 1.29 is 33.0 Å². The van der Waals surface area contributed by atoms with Crippen molar-refractivity contribution in [2.24, 2.45) is 5.73 Å². The third kappa shape index (κ3) is 6.33. The number of aliphatic hydroxyl groups excluding tert-OH is 1. The van der Waals surface area contributed by atoms with E-state index < -0.39 is 36.0 Å². The predicted molar refractivity (Wildman–Crippen MR) is 90.9 cm³/mol. The lowest BCUT2D eigenvalue weighted by Crippen LogP contribution is -2.43. The average Bonchev–Trinajstić information content (AvgIpc) is 2.92. The first kappa shape index (κ1) is 20.8. The van der Waals surface area contributed by atoms with Gasteiger partial charge in [0.1, 0.15) is 29.9 Å². The Morgan fingerprint density at radius 1 is 1.44 bits per heavy atom. The molecule has 3 atom stereocenters. The van der Waals surface area contributed by atoms with E-state index in [0.717, 1.165) is 12.1 Å². The number of hydrogen-bond donors (Lipinski definition) is 3. The molecule has 1 saturated heterocycles. The normalized spacial score (nSPS) is 18.9. The number of carbonyl (C=O) groups excluding carboxylic acids is 2. The van der Waals surface area contributed by atoms with E-state index >= 15 is 0 Å². The van der Waals surface area contributed by atoms with E-state index in [1.165, 1.54) is 0 Å². The van der Waals surface area contributed by atoms with E-state index in [4.69, 9.17) is 15.2 Å². The van der Waals surface area contributed by atoms with E-state index in [1.807, 2.05) is 6.92 Å². The summed E-state index contributed by atoms with van der Waals surface area (Å²) >= 11 is 0. The fraction of sp³-hybridized carbons (Fsp3) is 0.529. The zero-order valence-corrected chi connectivity index (χ0v) is 14.9. The number of likely N-dealkylation sites (N-methyl/N-ethyl adjacent to an activating group) is 1. The first-order valence-electron chi connectivity index (χ1n) is 8.53. The summed E-state index contributed by atoms with van der Waals surface area (Å²) in [6.07, 6.45) is -4.29. The monoisotopic (exact) mass is 387 g/mol. The molecule has 1 heterocycles. The highest BCUT2D eigenvalue weighted by Gasteiger charge is 2.30. The van der Waals surface area contributed by atoms with Crippen molar-refractivity contribution >= 4 is 12.2 Å². The van der Waals surface area contributed by atoms with Gasteiger partial charge in [-0.05, 0) is 24.6 Å². The maximum atomic E-state index is 13.3. The molecule has 0 spiro atoms. The van der Waals surface area contributed by atoms with Crippen LogP contribution in [0.4, 0.5) is 18.4 Å². The smallest absolute Gasteiger partial charge is 0.410 e. The van der Waals surface area contributed by atoms with Gasteiger partial charge in [0, 0.05) is 32.1 Å². The fourth-order valence-corrected chi connectivity index (χ4v) is 2.83. The molecule has 1 aromatic carbocycles. The molecule has 10 heteroatoms. The number of benzene rings is 1. The maximum absolute atomic E-state index is 13.3. The van der Waals surface area contributed by atoms with Gasteiger partial charge >= 0.3 is 12.2 Å². The van der Waals surface area contributed by atoms with Crippen molar-refractivity contribution in [3.05, 3.63) is 35.4 Å². The molecular formula is C17H23F2N3O5. The molecule has 1 aliphatic heterocycles. The van der Waals surface area contributed by atoms with Gasteiger partial charge in [-0.2, -0.15) is 0 Å². The summed E-state index contributed by atoms with van der Waals surface area (Å²) in [6, 6.07) is 2.88. The Morgan fingerprint density at radius 3 is 2.67 bits per heavy atom. The highest BCUT2D eigenvalue weighted by molar-refractivity contribution is 5.69. The van der Waals surface area contributed by atoms with Crippen molar-refractivity contribution in [2.75, 3.05) is 26.2 Å². The maximum Gasteiger partial charge on any atom is 0.410 e. The predicted octanol–water partition coefficient (Wildman–Crippen LogP) is 0.762. The minimum Gasteiger partial charge on any atom is -0.443 e. The van der Waals surface area contributed by atoms with Gasteiger partial charge in [0.2, 0.25) is 0 Å². The SMILES string of the molecule is CCN1C[C@@H](CNC[C@@H](O)[C@H](Cc2cc(F)cc(F)c2)OC(N)=O)OC1=O. The molecule has 2 amide bonds. The molecule has 0 radical (unpaired) electrons. The van der Waals surface area contributed by atoms with E-state index in [2.05, 4.69) is 5.32 Å². The molecule has 0 aromatic heterocycles. The Labute approximate surface area is 155 Å². The summed E-state index contributed by atoms with van der Waals surface area (Å²) in [5.41, 5.74) is 5.22. The van der Waals surface area contributed by atoms with Crippen LogP contribution in [-0.2, 0) is 15.9 Å². The fourth-order valence-electron chi connectivity index (χ4n) is 2.83. The lowest BCUT2D eigenvalue weighted by Gasteiger charge is -2.23. The van der Waals surface area contributed by atoms with Gasteiger partial charge in [-0.25, -0.2) is 18.4 Å². The molecule has 0 aliphatic carbocycles. The van der Waals surface area contributed by atoms with E-state index in [9.17, 15) is 23.5 Å². The highest BCUT2D eigenvalue weighted by atomic mass is 19.1. The number of cyclic esters (lactones) is 1. The molecule has 0 unspecified atom stereocenters. The largest absolute Gasteiger partial charge is 0.443 e. The van der Waals surface area contributed by atoms with Gasteiger partial charge in [-0.3, -0.25) is 0 Å². The summed E-state index contributed by atoms with van der Waals surface area (Å²) < 4.78 is 36.7. The zero-order chi connectivity index (χ0) is 20.0. The van der Waals surface area contributed by atoms with Gasteiger partial charge in [-0.1, -0.05) is 0 Å². The van der Waals surface area contributed by atoms with Crippen LogP contribution in [0.3, 0.4) is 0 Å². The van der Waals surface area contributed by atoms with Gasteiger partial charge < -0.3 is 30.5 Å². The van der Waals surface area contributed by atoms with Crippen molar-refractivity contribution in [3.8, 4) is 0 Å². The number of primary amides is 1. The second-order valence-corrected chi connectivity index (χ2v) is 6.23. The number of ether oxygens (including phenoxy) is 2. The zero-order valence-electron chi connectivity index (χ0n) is 14.9. The van der Waals surface area contributed by atoms with E-state index in [-0.39, 0.29) is 31.2 Å². The van der Waals surface area contributed by atoms with Crippen LogP contribution in [0.2, 0.25) is 0 Å². The average molecular weight is 387 g/mol. The van der Waals surface area contributed by atoms with Crippen molar-refractivity contribution in [2.45, 2.75) is 31.7 Å². The molecule has 0 bridgehead atoms. The van der Waals surface area contributed by atoms with Gasteiger partial charge in [0.25, 0.3) is 0 Å². The second kappa shape index (κ2) is 9.47. The molecular weight excluding hydrogens is 364 g/mol. The summed E-state index contributed by atoms with van der Waals surface area (Å²) in [5, 5.41) is 13.2. The third-order valence-electron chi connectivity index (χ3n) is 4.11. The standard InChI is InChI=1S/C17H23F2N3O5/c1-2-22-9-13(26-17(22)25)7-21-8-14(23)15(27-16(20)24)5-10-3-11(18)6-12(19)4-10/h3-4,6,13-15,21,23H,2,5,7-9H2,1H3,(H2,20,24)/t13-,14-,15+/m1/s1. The van der Waals surface area contributed by atoms with Crippen LogP contribution in [0, 0.1) is 11.6 Å². The van der Waals surface area contributed by atoms with Crippen LogP contribution < -0.4 is 11.1 Å². The number of amides is 2. The van der Waals surface area contributed by atoms with E-state index in [1.54, 1.807) is 4.90 Å². The first-order chi connectivity index (χ1) is 12.8. The lowest BCUT2D eigenvalue weighted by molar-refractivity contribution is 0.00633. The van der Waals surface area contributed by atoms with Crippen LogP contribution in [0.5, 0.6) is 0 Å². The molecule has 0 saturated carbocycles. The molecule has 150 valence electrons. The summed E-state index contributed by atoms with van der Waals surface area (Å²) in [7, 11) is 0. The van der Waals surface area contributed by atoms with Crippen molar-refractivity contribution in [3.63, 3.8) is 0 Å². The highest BCUT2D eigenvalue weighted by Crippen LogP contribution is 2.14. The van der Waals surface area contributed by atoms with Gasteiger partial charge in [0.15, 0.2) is 0 Å². The number of nitrogens with one attached hydrogen (secondary N) is 1. The van der Waals surface area contributed by atoms with Crippen molar-refractivity contribution in [1.29, 1.82) is 0 Å². The lowest BCUT2D eigenvalue weighted by atomic mass is 10.0. The molecule has 4 N–H and O–H groups in total. The number of hydrogen-bond acceptors (Lipinski definition) is 6. The number of nitrogens with two attached hydrogens (primary N) is 1. The van der Waals surface area contributed by atoms with Crippen molar-refractivity contribution in [1.82, 2.24) is 10.2 Å². The van der Waals surface area contributed by atoms with Gasteiger partial charge in [0.05, 0.1) is 6.54 Å². The second-order valence-electron chi connectivity index (χ2n) is 6.23. The number of rotatable bonds is 9. The Morgan fingerprint density at radius 2 is 2.11 bits per heavy atom. The molecule has 8 nitrogen and oxygen atoms in total. The number of nitrogens with zero attached hydrogens (tertiary/aromatic N) is 1. The van der Waals surface area contributed by atoms with Crippen LogP contribution >= 0.6 is 0 Å². The molecule has 2 rings (SSSR count). The quantitative estimate of drug-likeness (QED) is 0.577. The number of halogens is 2. The van der Waals surface area contributed by atoms with Crippen LogP contribution in [0.1, 0.15) is 12.5 Å².